The number of rotatable bonds is 1. The number of carbonyl (C=O) groups excluding carboxylic acids is 1. The van der Waals surface area contributed by atoms with Crippen molar-refractivity contribution < 1.29 is 4.79 Å². The standard InChI is InChI=1S/C20H26IN3O/c1-20(2,3)19(25)22-11-8-13-12-6-5-7-15-17(12)14(18(21)23-15)9-16(13)24(4)10-11/h5-7,11,13,16,23H,8-10H2,1-4H3,(H,22,25)/t11-,13+,16+/m0/s1. The Morgan fingerprint density at radius 1 is 1.36 bits per heavy atom. The van der Waals surface area contributed by atoms with Crippen LogP contribution in [-0.2, 0) is 11.2 Å². The lowest BCUT2D eigenvalue weighted by atomic mass is 9.74. The molecule has 2 aliphatic rings. The summed E-state index contributed by atoms with van der Waals surface area (Å²) in [6.07, 6.45) is 2.12. The maximum Gasteiger partial charge on any atom is 0.225 e. The minimum atomic E-state index is -0.341. The molecule has 1 aliphatic carbocycles. The van der Waals surface area contributed by atoms with Gasteiger partial charge < -0.3 is 15.2 Å². The summed E-state index contributed by atoms with van der Waals surface area (Å²) in [4.78, 5) is 18.5. The summed E-state index contributed by atoms with van der Waals surface area (Å²) in [6.45, 7) is 6.86. The smallest absolute Gasteiger partial charge is 0.225 e. The van der Waals surface area contributed by atoms with Crippen LogP contribution in [0.4, 0.5) is 0 Å². The van der Waals surface area contributed by atoms with Gasteiger partial charge in [0.1, 0.15) is 0 Å². The van der Waals surface area contributed by atoms with Crippen LogP contribution in [0, 0.1) is 9.12 Å². The van der Waals surface area contributed by atoms with E-state index in [1.807, 2.05) is 20.8 Å². The first kappa shape index (κ1) is 17.3. The normalized spacial score (nSPS) is 26.5. The molecule has 1 aromatic heterocycles. The third-order valence-corrected chi connectivity index (χ3v) is 6.74. The van der Waals surface area contributed by atoms with E-state index in [0.717, 1.165) is 19.4 Å². The fraction of sp³-hybridized carbons (Fsp3) is 0.550. The van der Waals surface area contributed by atoms with Gasteiger partial charge >= 0.3 is 0 Å². The number of aromatic nitrogens is 1. The monoisotopic (exact) mass is 451 g/mol. The van der Waals surface area contributed by atoms with Crippen molar-refractivity contribution in [3.05, 3.63) is 33.0 Å². The lowest BCUT2D eigenvalue weighted by Crippen LogP contribution is -2.56. The van der Waals surface area contributed by atoms with Gasteiger partial charge in [0.05, 0.1) is 3.70 Å². The molecular formula is C20H26IN3O. The van der Waals surface area contributed by atoms with E-state index in [-0.39, 0.29) is 17.4 Å². The zero-order valence-corrected chi connectivity index (χ0v) is 17.5. The Morgan fingerprint density at radius 2 is 2.12 bits per heavy atom. The van der Waals surface area contributed by atoms with Gasteiger partial charge in [-0.2, -0.15) is 0 Å². The number of nitrogens with zero attached hydrogens (tertiary/aromatic N) is 1. The number of fused-ring (bicyclic) bond motifs is 2. The summed E-state index contributed by atoms with van der Waals surface area (Å²) >= 11 is 2.43. The van der Waals surface area contributed by atoms with Crippen molar-refractivity contribution >= 4 is 39.4 Å². The van der Waals surface area contributed by atoms with Gasteiger partial charge in [0.2, 0.25) is 5.91 Å². The number of nitrogens with one attached hydrogen (secondary N) is 2. The highest BCUT2D eigenvalue weighted by Gasteiger charge is 2.41. The Kier molecular flexibility index (Phi) is 4.15. The number of H-pyrrole nitrogens is 1. The predicted octanol–water partition coefficient (Wildman–Crippen LogP) is 3.65. The summed E-state index contributed by atoms with van der Waals surface area (Å²) in [5.41, 5.74) is 3.83. The molecule has 4 nitrogen and oxygen atoms in total. The number of piperidine rings is 1. The van der Waals surface area contributed by atoms with Crippen LogP contribution in [-0.4, -0.2) is 41.5 Å². The first-order valence-corrected chi connectivity index (χ1v) is 10.1. The lowest BCUT2D eigenvalue weighted by molar-refractivity contribution is -0.129. The van der Waals surface area contributed by atoms with E-state index >= 15 is 0 Å². The number of hydrogen-bond acceptors (Lipinski definition) is 2. The molecule has 5 heteroatoms. The van der Waals surface area contributed by atoms with Crippen molar-refractivity contribution in [3.63, 3.8) is 0 Å². The minimum Gasteiger partial charge on any atom is -0.352 e. The molecule has 3 atom stereocenters. The quantitative estimate of drug-likeness (QED) is 0.651. The van der Waals surface area contributed by atoms with Gasteiger partial charge in [-0.05, 0) is 59.7 Å². The van der Waals surface area contributed by atoms with E-state index in [2.05, 4.69) is 63.0 Å². The van der Waals surface area contributed by atoms with E-state index in [0.29, 0.717) is 12.0 Å². The van der Waals surface area contributed by atoms with Crippen LogP contribution in [0.15, 0.2) is 18.2 Å². The number of hydrogen-bond donors (Lipinski definition) is 2. The number of carbonyl (C=O) groups is 1. The fourth-order valence-electron chi connectivity index (χ4n) is 4.49. The average Bonchev–Trinajstić information content (AvgIpc) is 2.85. The Bertz CT molecular complexity index is 835. The van der Waals surface area contributed by atoms with Crippen LogP contribution in [0.25, 0.3) is 10.9 Å². The predicted molar refractivity (Wildman–Crippen MR) is 110 cm³/mol. The summed E-state index contributed by atoms with van der Waals surface area (Å²) in [5, 5.41) is 4.71. The fourth-order valence-corrected chi connectivity index (χ4v) is 5.27. The van der Waals surface area contributed by atoms with Gasteiger partial charge in [0.25, 0.3) is 0 Å². The molecule has 25 heavy (non-hydrogen) atoms. The minimum absolute atomic E-state index is 0.148. The second-order valence-electron chi connectivity index (χ2n) is 8.66. The molecule has 2 N–H and O–H groups in total. The second kappa shape index (κ2) is 5.98. The zero-order chi connectivity index (χ0) is 17.9. The van der Waals surface area contributed by atoms with Crippen molar-refractivity contribution in [1.29, 1.82) is 0 Å². The maximum atomic E-state index is 12.5. The molecule has 1 fully saturated rings. The van der Waals surface area contributed by atoms with Crippen molar-refractivity contribution in [3.8, 4) is 0 Å². The van der Waals surface area contributed by atoms with E-state index in [4.69, 9.17) is 0 Å². The van der Waals surface area contributed by atoms with Crippen LogP contribution >= 0.6 is 22.6 Å². The summed E-state index contributed by atoms with van der Waals surface area (Å²) in [6, 6.07) is 7.36. The SMILES string of the molecule is CN1C[C@@H](NC(=O)C(C)(C)C)C[C@@H]2c3cccc4[nH]c(I)c(c34)C[C@H]21. The third-order valence-electron chi connectivity index (χ3n) is 5.81. The van der Waals surface area contributed by atoms with Gasteiger partial charge in [-0.25, -0.2) is 0 Å². The second-order valence-corrected chi connectivity index (χ2v) is 9.74. The molecule has 1 aliphatic heterocycles. The number of benzene rings is 1. The molecule has 1 aromatic carbocycles. The van der Waals surface area contributed by atoms with Gasteiger partial charge in [0, 0.05) is 40.9 Å². The molecule has 1 amide bonds. The van der Waals surface area contributed by atoms with Crippen LogP contribution in [0.5, 0.6) is 0 Å². The highest BCUT2D eigenvalue weighted by atomic mass is 127. The van der Waals surface area contributed by atoms with Crippen LogP contribution in [0.2, 0.25) is 0 Å². The largest absolute Gasteiger partial charge is 0.352 e. The number of likely N-dealkylation sites (tertiary alicyclic amines) is 1. The van der Waals surface area contributed by atoms with Crippen molar-refractivity contribution in [2.75, 3.05) is 13.6 Å². The van der Waals surface area contributed by atoms with Crippen molar-refractivity contribution in [1.82, 2.24) is 15.2 Å². The highest BCUT2D eigenvalue weighted by Crippen LogP contribution is 2.44. The Hall–Kier alpha value is -1.08. The maximum absolute atomic E-state index is 12.5. The summed E-state index contributed by atoms with van der Waals surface area (Å²) in [5.74, 6) is 0.627. The lowest BCUT2D eigenvalue weighted by Gasteiger charge is -2.46. The van der Waals surface area contributed by atoms with Crippen LogP contribution in [0.1, 0.15) is 44.2 Å². The first-order valence-electron chi connectivity index (χ1n) is 9.06. The third kappa shape index (κ3) is 2.89. The van der Waals surface area contributed by atoms with Crippen molar-refractivity contribution in [2.45, 2.75) is 51.6 Å². The summed E-state index contributed by atoms with van der Waals surface area (Å²) in [7, 11) is 2.21. The van der Waals surface area contributed by atoms with Gasteiger partial charge in [-0.1, -0.05) is 32.9 Å². The molecule has 1 saturated heterocycles. The molecule has 2 aromatic rings. The molecule has 0 radical (unpaired) electrons. The Balaban J connectivity index is 1.68. The van der Waals surface area contributed by atoms with Crippen molar-refractivity contribution in [2.24, 2.45) is 5.41 Å². The van der Waals surface area contributed by atoms with E-state index in [9.17, 15) is 4.79 Å². The number of likely N-dealkylation sites (N-methyl/N-ethyl adjacent to an activating group) is 1. The highest BCUT2D eigenvalue weighted by molar-refractivity contribution is 14.1. The number of aromatic amines is 1. The molecule has 4 rings (SSSR count). The van der Waals surface area contributed by atoms with E-state index in [1.54, 1.807) is 0 Å². The van der Waals surface area contributed by atoms with Crippen LogP contribution < -0.4 is 5.32 Å². The van der Waals surface area contributed by atoms with Gasteiger partial charge in [-0.15, -0.1) is 0 Å². The number of amides is 1. The summed E-state index contributed by atoms with van der Waals surface area (Å²) < 4.78 is 1.27. The Labute approximate surface area is 162 Å². The first-order chi connectivity index (χ1) is 11.8. The molecule has 0 bridgehead atoms. The number of halogens is 1. The van der Waals surface area contributed by atoms with Gasteiger partial charge in [0.15, 0.2) is 0 Å². The topological polar surface area (TPSA) is 48.1 Å². The molecule has 2 heterocycles. The molecule has 134 valence electrons. The van der Waals surface area contributed by atoms with E-state index < -0.39 is 0 Å². The average molecular weight is 451 g/mol. The van der Waals surface area contributed by atoms with Gasteiger partial charge in [-0.3, -0.25) is 4.79 Å². The molecule has 0 spiro atoms. The molecular weight excluding hydrogens is 425 g/mol. The molecule has 0 saturated carbocycles. The van der Waals surface area contributed by atoms with E-state index in [1.165, 1.54) is 25.7 Å². The zero-order valence-electron chi connectivity index (χ0n) is 15.3. The molecule has 0 unspecified atom stereocenters. The van der Waals surface area contributed by atoms with Crippen LogP contribution in [0.3, 0.4) is 0 Å². The Morgan fingerprint density at radius 3 is 2.84 bits per heavy atom.